The zero-order valence-electron chi connectivity index (χ0n) is 16.1. The largest absolute Gasteiger partial charge is 0.507 e. The smallest absolute Gasteiger partial charge is 0.291 e. The average molecular weight is 468 g/mol. The van der Waals surface area contributed by atoms with Crippen molar-refractivity contribution in [3.63, 3.8) is 0 Å². The number of aromatic hydroxyl groups is 1. The summed E-state index contributed by atoms with van der Waals surface area (Å²) in [6, 6.07) is 5.83. The van der Waals surface area contributed by atoms with E-state index >= 15 is 0 Å². The second kappa shape index (κ2) is 8.09. The van der Waals surface area contributed by atoms with Gasteiger partial charge in [0.25, 0.3) is 11.8 Å². The van der Waals surface area contributed by atoms with Gasteiger partial charge in [-0.2, -0.15) is 0 Å². The van der Waals surface area contributed by atoms with Gasteiger partial charge in [-0.05, 0) is 47.7 Å². The minimum atomic E-state index is -3.09. The number of phenols is 1. The maximum atomic E-state index is 14.4. The Bertz CT molecular complexity index is 1110. The standard InChI is InChI=1S/C21H17Cl2F2N3O3/c22-14-7-11(27-20(31)19-26-9-17(30)28-19)8-15(23)13(14)6-10-3-4-16(29)18-12(10)2-1-5-21(18,24)25/h3-4,7-8,29H,1-2,5-6,9H2,(H,27,31)(H,26,28,30). The highest BCUT2D eigenvalue weighted by Gasteiger charge is 2.40. The Kier molecular flexibility index (Phi) is 5.61. The Balaban J connectivity index is 1.61. The number of carbonyl (C=O) groups excluding carboxylic acids is 2. The van der Waals surface area contributed by atoms with Crippen molar-refractivity contribution in [3.05, 3.63) is 56.6 Å². The van der Waals surface area contributed by atoms with Crippen LogP contribution < -0.4 is 10.6 Å². The van der Waals surface area contributed by atoms with E-state index in [2.05, 4.69) is 15.6 Å². The molecule has 2 aliphatic rings. The number of aliphatic imine (C=N–C) groups is 1. The molecule has 0 saturated heterocycles. The van der Waals surface area contributed by atoms with E-state index in [4.69, 9.17) is 23.2 Å². The van der Waals surface area contributed by atoms with E-state index < -0.39 is 17.6 Å². The van der Waals surface area contributed by atoms with Crippen molar-refractivity contribution in [1.82, 2.24) is 5.32 Å². The number of hydrogen-bond donors (Lipinski definition) is 3. The monoisotopic (exact) mass is 467 g/mol. The Hall–Kier alpha value is -2.71. The summed E-state index contributed by atoms with van der Waals surface area (Å²) in [5.74, 6) is -4.59. The summed E-state index contributed by atoms with van der Waals surface area (Å²) in [6.07, 6.45) is 0.612. The molecule has 2 amide bonds. The molecule has 2 aromatic rings. The number of amides is 2. The Morgan fingerprint density at radius 3 is 2.61 bits per heavy atom. The number of nitrogens with one attached hydrogen (secondary N) is 2. The fourth-order valence-electron chi connectivity index (χ4n) is 3.87. The average Bonchev–Trinajstić information content (AvgIpc) is 3.12. The number of alkyl halides is 2. The van der Waals surface area contributed by atoms with E-state index in [1.807, 2.05) is 0 Å². The number of halogens is 4. The molecule has 1 aliphatic carbocycles. The molecule has 0 atom stereocenters. The number of anilines is 1. The molecule has 0 spiro atoms. The summed E-state index contributed by atoms with van der Waals surface area (Å²) in [5, 5.41) is 15.4. The third-order valence-corrected chi connectivity index (χ3v) is 5.97. The van der Waals surface area contributed by atoms with Crippen LogP contribution in [-0.4, -0.2) is 29.3 Å². The second-order valence-electron chi connectivity index (χ2n) is 7.42. The van der Waals surface area contributed by atoms with Crippen molar-refractivity contribution in [1.29, 1.82) is 0 Å². The fraction of sp³-hybridized carbons (Fsp3) is 0.286. The van der Waals surface area contributed by atoms with Crippen LogP contribution in [0.25, 0.3) is 0 Å². The van der Waals surface area contributed by atoms with Gasteiger partial charge in [-0.1, -0.05) is 29.3 Å². The van der Waals surface area contributed by atoms with E-state index in [1.54, 1.807) is 6.07 Å². The first-order valence-electron chi connectivity index (χ1n) is 9.51. The van der Waals surface area contributed by atoms with Crippen LogP contribution in [0.15, 0.2) is 29.3 Å². The highest BCUT2D eigenvalue weighted by molar-refractivity contribution is 6.46. The second-order valence-corrected chi connectivity index (χ2v) is 8.23. The van der Waals surface area contributed by atoms with Crippen molar-refractivity contribution < 1.29 is 23.5 Å². The lowest BCUT2D eigenvalue weighted by atomic mass is 9.83. The molecule has 0 bridgehead atoms. The van der Waals surface area contributed by atoms with E-state index in [9.17, 15) is 23.5 Å². The number of nitrogens with zero attached hydrogens (tertiary/aromatic N) is 1. The van der Waals surface area contributed by atoms with Crippen LogP contribution in [0.5, 0.6) is 5.75 Å². The summed E-state index contributed by atoms with van der Waals surface area (Å²) in [6.45, 7) is -0.112. The molecule has 6 nitrogen and oxygen atoms in total. The fourth-order valence-corrected chi connectivity index (χ4v) is 4.49. The van der Waals surface area contributed by atoms with Gasteiger partial charge in [-0.15, -0.1) is 0 Å². The van der Waals surface area contributed by atoms with Crippen LogP contribution >= 0.6 is 23.2 Å². The van der Waals surface area contributed by atoms with Gasteiger partial charge in [0, 0.05) is 28.6 Å². The number of benzene rings is 2. The lowest BCUT2D eigenvalue weighted by Crippen LogP contribution is -2.34. The van der Waals surface area contributed by atoms with Crippen molar-refractivity contribution >= 4 is 46.5 Å². The summed E-state index contributed by atoms with van der Waals surface area (Å²) in [4.78, 5) is 27.2. The molecule has 0 saturated carbocycles. The summed E-state index contributed by atoms with van der Waals surface area (Å²) < 4.78 is 28.7. The lowest BCUT2D eigenvalue weighted by Gasteiger charge is -2.28. The quantitative estimate of drug-likeness (QED) is 0.629. The van der Waals surface area contributed by atoms with Gasteiger partial charge in [-0.25, -0.2) is 8.78 Å². The normalized spacial score (nSPS) is 17.0. The van der Waals surface area contributed by atoms with Gasteiger partial charge >= 0.3 is 0 Å². The van der Waals surface area contributed by atoms with Gasteiger partial charge in [0.05, 0.1) is 5.56 Å². The highest BCUT2D eigenvalue weighted by atomic mass is 35.5. The van der Waals surface area contributed by atoms with Crippen molar-refractivity contribution in [3.8, 4) is 5.75 Å². The molecule has 4 rings (SSSR count). The topological polar surface area (TPSA) is 90.8 Å². The molecule has 1 heterocycles. The minimum absolute atomic E-state index is 0.0991. The third kappa shape index (κ3) is 4.22. The first-order chi connectivity index (χ1) is 14.7. The zero-order chi connectivity index (χ0) is 22.3. The van der Waals surface area contributed by atoms with Gasteiger partial charge in [0.1, 0.15) is 12.3 Å². The molecule has 3 N–H and O–H groups in total. The molecule has 162 valence electrons. The third-order valence-electron chi connectivity index (χ3n) is 5.29. The minimum Gasteiger partial charge on any atom is -0.507 e. The molecule has 0 radical (unpaired) electrons. The van der Waals surface area contributed by atoms with Gasteiger partial charge < -0.3 is 15.7 Å². The maximum absolute atomic E-state index is 14.4. The van der Waals surface area contributed by atoms with E-state index in [0.29, 0.717) is 35.2 Å². The molecular formula is C21H17Cl2F2N3O3. The van der Waals surface area contributed by atoms with Gasteiger partial charge in [0.15, 0.2) is 5.84 Å². The van der Waals surface area contributed by atoms with Gasteiger partial charge in [-0.3, -0.25) is 14.6 Å². The molecule has 1 aliphatic heterocycles. The lowest BCUT2D eigenvalue weighted by molar-refractivity contribution is -0.118. The molecule has 0 unspecified atom stereocenters. The number of fused-ring (bicyclic) bond motifs is 1. The Morgan fingerprint density at radius 2 is 1.97 bits per heavy atom. The summed E-state index contributed by atoms with van der Waals surface area (Å²) in [5.41, 5.74) is 1.50. The molecule has 31 heavy (non-hydrogen) atoms. The number of rotatable bonds is 4. The van der Waals surface area contributed by atoms with Crippen molar-refractivity contribution in [2.45, 2.75) is 31.6 Å². The first kappa shape index (κ1) is 21.5. The van der Waals surface area contributed by atoms with Crippen molar-refractivity contribution in [2.75, 3.05) is 11.9 Å². The van der Waals surface area contributed by atoms with E-state index in [1.165, 1.54) is 18.2 Å². The number of phenolic OH excluding ortho intramolecular Hbond substituents is 1. The van der Waals surface area contributed by atoms with Crippen LogP contribution in [-0.2, 0) is 28.4 Å². The number of amidine groups is 1. The molecule has 2 aromatic carbocycles. The molecule has 0 fully saturated rings. The Morgan fingerprint density at radius 1 is 1.26 bits per heavy atom. The summed E-state index contributed by atoms with van der Waals surface area (Å²) >= 11 is 12.8. The molecule has 0 aromatic heterocycles. The predicted molar refractivity (Wildman–Crippen MR) is 113 cm³/mol. The highest BCUT2D eigenvalue weighted by Crippen LogP contribution is 2.46. The van der Waals surface area contributed by atoms with Crippen LogP contribution in [0.1, 0.15) is 35.1 Å². The van der Waals surface area contributed by atoms with E-state index in [0.717, 1.165) is 0 Å². The number of hydrogen-bond acceptors (Lipinski definition) is 4. The van der Waals surface area contributed by atoms with Crippen LogP contribution in [0, 0.1) is 0 Å². The molecule has 10 heteroatoms. The first-order valence-corrected chi connectivity index (χ1v) is 10.3. The van der Waals surface area contributed by atoms with E-state index in [-0.39, 0.29) is 46.7 Å². The Labute approximate surface area is 186 Å². The predicted octanol–water partition coefficient (Wildman–Crippen LogP) is 4.18. The van der Waals surface area contributed by atoms with Gasteiger partial charge in [0.2, 0.25) is 5.91 Å². The SMILES string of the molecule is O=C1CN=C(C(=O)Nc2cc(Cl)c(Cc3ccc(O)c4c3CCCC4(F)F)c(Cl)c2)N1. The zero-order valence-corrected chi connectivity index (χ0v) is 17.6. The summed E-state index contributed by atoms with van der Waals surface area (Å²) in [7, 11) is 0. The van der Waals surface area contributed by atoms with Crippen LogP contribution in [0.4, 0.5) is 14.5 Å². The maximum Gasteiger partial charge on any atom is 0.291 e. The van der Waals surface area contributed by atoms with Crippen LogP contribution in [0.2, 0.25) is 10.0 Å². The van der Waals surface area contributed by atoms with Crippen LogP contribution in [0.3, 0.4) is 0 Å². The van der Waals surface area contributed by atoms with Crippen molar-refractivity contribution in [2.24, 2.45) is 4.99 Å². The number of carbonyl (C=O) groups is 2. The molecular weight excluding hydrogens is 451 g/mol.